The third kappa shape index (κ3) is 1.27. The molecule has 13 heavy (non-hydrogen) atoms. The zero-order valence-electron chi connectivity index (χ0n) is 6.99. The number of imidazole rings is 1. The van der Waals surface area contributed by atoms with Crippen LogP contribution in [0.1, 0.15) is 16.1 Å². The van der Waals surface area contributed by atoms with Gasteiger partial charge in [0.1, 0.15) is 5.69 Å². The number of carbonyl (C=O) groups excluding carboxylic acids is 1. The summed E-state index contributed by atoms with van der Waals surface area (Å²) in [6.45, 7) is 1.99. The van der Waals surface area contributed by atoms with Crippen molar-refractivity contribution in [1.82, 2.24) is 9.38 Å². The van der Waals surface area contributed by atoms with Crippen molar-refractivity contribution in [3.05, 3.63) is 34.2 Å². The first-order valence-corrected chi connectivity index (χ1v) is 4.60. The van der Waals surface area contributed by atoms with E-state index in [1.165, 1.54) is 0 Å². The molecule has 2 aromatic heterocycles. The van der Waals surface area contributed by atoms with Crippen LogP contribution in [0.25, 0.3) is 5.65 Å². The topological polar surface area (TPSA) is 34.4 Å². The molecule has 0 aliphatic rings. The second kappa shape index (κ2) is 2.96. The van der Waals surface area contributed by atoms with Gasteiger partial charge in [-0.1, -0.05) is 0 Å². The van der Waals surface area contributed by atoms with Crippen LogP contribution >= 0.6 is 15.9 Å². The van der Waals surface area contributed by atoms with Gasteiger partial charge in [-0.25, -0.2) is 4.98 Å². The lowest BCUT2D eigenvalue weighted by Crippen LogP contribution is -1.85. The maximum absolute atomic E-state index is 10.5. The molecule has 0 spiro atoms. The number of carbonyl (C=O) groups is 1. The fourth-order valence-corrected chi connectivity index (χ4v) is 1.61. The molecule has 0 atom stereocenters. The SMILES string of the molecule is Cc1ccn2cc(C=O)nc2c1Br. The minimum atomic E-state index is 0.450. The standard InChI is InChI=1S/C9H7BrN2O/c1-6-2-3-12-4-7(5-13)11-9(12)8(6)10/h2-5H,1H3. The van der Waals surface area contributed by atoms with Crippen molar-refractivity contribution < 1.29 is 4.79 Å². The van der Waals surface area contributed by atoms with Crippen molar-refractivity contribution in [2.75, 3.05) is 0 Å². The van der Waals surface area contributed by atoms with Crippen molar-refractivity contribution in [2.24, 2.45) is 0 Å². The van der Waals surface area contributed by atoms with Gasteiger partial charge in [0.05, 0.1) is 4.47 Å². The third-order valence-corrected chi connectivity index (χ3v) is 2.88. The predicted molar refractivity (Wildman–Crippen MR) is 53.0 cm³/mol. The van der Waals surface area contributed by atoms with Gasteiger partial charge in [0.15, 0.2) is 11.9 Å². The van der Waals surface area contributed by atoms with Crippen LogP contribution < -0.4 is 0 Å². The van der Waals surface area contributed by atoms with Gasteiger partial charge in [0.25, 0.3) is 0 Å². The van der Waals surface area contributed by atoms with Gasteiger partial charge in [-0.3, -0.25) is 4.79 Å². The first-order chi connectivity index (χ1) is 6.22. The monoisotopic (exact) mass is 238 g/mol. The fraction of sp³-hybridized carbons (Fsp3) is 0.111. The number of pyridine rings is 1. The molecule has 2 rings (SSSR count). The molecule has 3 nitrogen and oxygen atoms in total. The summed E-state index contributed by atoms with van der Waals surface area (Å²) in [7, 11) is 0. The summed E-state index contributed by atoms with van der Waals surface area (Å²) in [5.41, 5.74) is 2.34. The van der Waals surface area contributed by atoms with Crippen molar-refractivity contribution in [3.8, 4) is 0 Å². The second-order valence-corrected chi connectivity index (χ2v) is 3.62. The van der Waals surface area contributed by atoms with Crippen molar-refractivity contribution >= 4 is 27.9 Å². The lowest BCUT2D eigenvalue weighted by atomic mass is 10.3. The van der Waals surface area contributed by atoms with Crippen LogP contribution in [0, 0.1) is 6.92 Å². The first-order valence-electron chi connectivity index (χ1n) is 3.81. The Morgan fingerprint density at radius 1 is 1.62 bits per heavy atom. The molecule has 0 aliphatic heterocycles. The van der Waals surface area contributed by atoms with Crippen molar-refractivity contribution in [1.29, 1.82) is 0 Å². The highest BCUT2D eigenvalue weighted by Gasteiger charge is 2.05. The van der Waals surface area contributed by atoms with Crippen LogP contribution in [-0.4, -0.2) is 15.7 Å². The Labute approximate surface area is 83.5 Å². The molecule has 0 saturated carbocycles. The van der Waals surface area contributed by atoms with E-state index in [1.807, 2.05) is 23.6 Å². The number of fused-ring (bicyclic) bond motifs is 1. The summed E-state index contributed by atoms with van der Waals surface area (Å²) in [5.74, 6) is 0. The number of nitrogens with zero attached hydrogens (tertiary/aromatic N) is 2. The van der Waals surface area contributed by atoms with Crippen LogP contribution in [0.15, 0.2) is 22.9 Å². The lowest BCUT2D eigenvalue weighted by Gasteiger charge is -1.98. The molecule has 0 radical (unpaired) electrons. The van der Waals surface area contributed by atoms with Gasteiger partial charge in [0, 0.05) is 12.4 Å². The summed E-state index contributed by atoms with van der Waals surface area (Å²) >= 11 is 3.42. The van der Waals surface area contributed by atoms with E-state index in [4.69, 9.17) is 0 Å². The van der Waals surface area contributed by atoms with E-state index >= 15 is 0 Å². The number of hydrogen-bond acceptors (Lipinski definition) is 2. The maximum atomic E-state index is 10.5. The van der Waals surface area contributed by atoms with E-state index in [9.17, 15) is 4.79 Å². The molecule has 0 unspecified atom stereocenters. The molecule has 0 N–H and O–H groups in total. The van der Waals surface area contributed by atoms with Gasteiger partial charge >= 0.3 is 0 Å². The van der Waals surface area contributed by atoms with Gasteiger partial charge in [-0.2, -0.15) is 0 Å². The Morgan fingerprint density at radius 2 is 2.38 bits per heavy atom. The van der Waals surface area contributed by atoms with E-state index in [1.54, 1.807) is 6.20 Å². The molecule has 2 aromatic rings. The molecule has 0 saturated heterocycles. The Balaban J connectivity index is 2.83. The smallest absolute Gasteiger partial charge is 0.170 e. The number of aldehydes is 1. The van der Waals surface area contributed by atoms with Crippen LogP contribution in [0.2, 0.25) is 0 Å². The first kappa shape index (κ1) is 8.44. The molecule has 0 bridgehead atoms. The molecule has 2 heterocycles. The molecule has 0 amide bonds. The quantitative estimate of drug-likeness (QED) is 0.715. The van der Waals surface area contributed by atoms with E-state index in [0.717, 1.165) is 22.0 Å². The fourth-order valence-electron chi connectivity index (χ4n) is 1.19. The Bertz CT molecular complexity index is 476. The second-order valence-electron chi connectivity index (χ2n) is 2.83. The van der Waals surface area contributed by atoms with Crippen molar-refractivity contribution in [2.45, 2.75) is 6.92 Å². The average Bonchev–Trinajstić information content (AvgIpc) is 2.55. The number of halogens is 1. The summed E-state index contributed by atoms with van der Waals surface area (Å²) in [5, 5.41) is 0. The zero-order chi connectivity index (χ0) is 9.42. The highest BCUT2D eigenvalue weighted by atomic mass is 79.9. The average molecular weight is 239 g/mol. The van der Waals surface area contributed by atoms with Crippen molar-refractivity contribution in [3.63, 3.8) is 0 Å². The molecule has 4 heteroatoms. The third-order valence-electron chi connectivity index (χ3n) is 1.90. The molecule has 0 fully saturated rings. The van der Waals surface area contributed by atoms with Gasteiger partial charge < -0.3 is 4.40 Å². The van der Waals surface area contributed by atoms with Gasteiger partial charge in [0.2, 0.25) is 0 Å². The minimum Gasteiger partial charge on any atom is -0.305 e. The maximum Gasteiger partial charge on any atom is 0.170 e. The number of hydrogen-bond donors (Lipinski definition) is 0. The Kier molecular flexibility index (Phi) is 1.92. The number of aryl methyl sites for hydroxylation is 1. The number of aromatic nitrogens is 2. The summed E-state index contributed by atoms with van der Waals surface area (Å²) in [6, 6.07) is 1.97. The predicted octanol–water partition coefficient (Wildman–Crippen LogP) is 2.22. The van der Waals surface area contributed by atoms with E-state index in [2.05, 4.69) is 20.9 Å². The number of rotatable bonds is 1. The Morgan fingerprint density at radius 3 is 3.08 bits per heavy atom. The van der Waals surface area contributed by atoms with Gasteiger partial charge in [-0.05, 0) is 34.5 Å². The largest absolute Gasteiger partial charge is 0.305 e. The van der Waals surface area contributed by atoms with Gasteiger partial charge in [-0.15, -0.1) is 0 Å². The lowest BCUT2D eigenvalue weighted by molar-refractivity contribution is 0.111. The molecular weight excluding hydrogens is 232 g/mol. The highest BCUT2D eigenvalue weighted by Crippen LogP contribution is 2.21. The van der Waals surface area contributed by atoms with Crippen LogP contribution in [0.5, 0.6) is 0 Å². The normalized spacial score (nSPS) is 10.6. The molecule has 0 aromatic carbocycles. The summed E-state index contributed by atoms with van der Waals surface area (Å²) < 4.78 is 2.75. The van der Waals surface area contributed by atoms with Crippen LogP contribution in [0.3, 0.4) is 0 Å². The molecule has 0 aliphatic carbocycles. The van der Waals surface area contributed by atoms with E-state index in [-0.39, 0.29) is 0 Å². The van der Waals surface area contributed by atoms with E-state index in [0.29, 0.717) is 5.69 Å². The zero-order valence-corrected chi connectivity index (χ0v) is 8.58. The molecular formula is C9H7BrN2O. The summed E-state index contributed by atoms with van der Waals surface area (Å²) in [4.78, 5) is 14.6. The summed E-state index contributed by atoms with van der Waals surface area (Å²) in [6.07, 6.45) is 4.33. The van der Waals surface area contributed by atoms with E-state index < -0.39 is 0 Å². The van der Waals surface area contributed by atoms with Crippen LogP contribution in [0.4, 0.5) is 0 Å². The highest BCUT2D eigenvalue weighted by molar-refractivity contribution is 9.10. The van der Waals surface area contributed by atoms with Crippen LogP contribution in [-0.2, 0) is 0 Å². The Hall–Kier alpha value is -1.16. The molecule has 66 valence electrons. The minimum absolute atomic E-state index is 0.450.